The van der Waals surface area contributed by atoms with Crippen molar-refractivity contribution >= 4 is 56.8 Å². The van der Waals surface area contributed by atoms with Gasteiger partial charge in [-0.15, -0.1) is 0 Å². The molecule has 3 N–H and O–H groups in total. The second-order valence-corrected chi connectivity index (χ2v) is 16.0. The zero-order chi connectivity index (χ0) is 41.4. The molecule has 0 bridgehead atoms. The predicted octanol–water partition coefficient (Wildman–Crippen LogP) is 6.88. The van der Waals surface area contributed by atoms with Crippen LogP contribution < -0.4 is 10.6 Å². The number of aromatic nitrogens is 2. The number of ether oxygens (including phenoxy) is 2. The van der Waals surface area contributed by atoms with Gasteiger partial charge in [0.15, 0.2) is 0 Å². The first-order chi connectivity index (χ1) is 27.7. The molecule has 58 heavy (non-hydrogen) atoms. The number of alkyl carbamates (subject to hydrolysis) is 2. The van der Waals surface area contributed by atoms with Crippen LogP contribution in [-0.4, -0.2) is 107 Å². The van der Waals surface area contributed by atoms with Crippen LogP contribution in [-0.2, 0) is 19.1 Å². The van der Waals surface area contributed by atoms with Gasteiger partial charge in [0.05, 0.1) is 51.3 Å². The molecule has 1 aromatic heterocycles. The number of methoxy groups -OCH3 is 2. The molecule has 15 heteroatoms. The molecule has 7 rings (SSSR count). The third-order valence-corrected chi connectivity index (χ3v) is 11.4. The number of nitrogens with zero attached hydrogens (tertiary/aromatic N) is 4. The number of aromatic amines is 1. The van der Waals surface area contributed by atoms with Crippen LogP contribution in [0.2, 0.25) is 0 Å². The minimum absolute atomic E-state index is 0.0631. The summed E-state index contributed by atoms with van der Waals surface area (Å²) in [4.78, 5) is 66.7. The minimum atomic E-state index is -1.24. The number of amides is 4. The number of H-pyrrole nitrogens is 1. The fourth-order valence-corrected chi connectivity index (χ4v) is 8.23. The molecule has 2 saturated heterocycles. The van der Waals surface area contributed by atoms with Crippen molar-refractivity contribution in [1.82, 2.24) is 30.4 Å². The van der Waals surface area contributed by atoms with Crippen LogP contribution in [0.15, 0.2) is 65.9 Å². The molecule has 0 radical (unpaired) electrons. The molecule has 0 saturated carbocycles. The number of allylic oxidation sites excluding steroid dienone is 1. The summed E-state index contributed by atoms with van der Waals surface area (Å²) in [5.74, 6) is -0.763. The van der Waals surface area contributed by atoms with E-state index in [9.17, 15) is 28.0 Å². The smallest absolute Gasteiger partial charge is 0.407 e. The minimum Gasteiger partial charge on any atom is -0.453 e. The van der Waals surface area contributed by atoms with Crippen LogP contribution in [0.1, 0.15) is 64.4 Å². The van der Waals surface area contributed by atoms with E-state index in [1.807, 2.05) is 32.0 Å². The first-order valence-corrected chi connectivity index (χ1v) is 19.6. The Morgan fingerprint density at radius 1 is 0.741 bits per heavy atom. The molecular formula is C43H49F2N7O6. The van der Waals surface area contributed by atoms with Gasteiger partial charge >= 0.3 is 12.2 Å². The number of rotatable bonds is 10. The van der Waals surface area contributed by atoms with E-state index in [4.69, 9.17) is 9.47 Å². The van der Waals surface area contributed by atoms with E-state index in [-0.39, 0.29) is 43.7 Å². The topological polar surface area (TPSA) is 158 Å². The zero-order valence-electron chi connectivity index (χ0n) is 33.4. The Morgan fingerprint density at radius 2 is 1.26 bits per heavy atom. The quantitative estimate of drug-likeness (QED) is 0.148. The van der Waals surface area contributed by atoms with E-state index in [1.54, 1.807) is 26.2 Å². The first-order valence-electron chi connectivity index (χ1n) is 19.6. The van der Waals surface area contributed by atoms with Crippen molar-refractivity contribution in [2.45, 2.75) is 83.5 Å². The Balaban J connectivity index is 1.06. The number of alkyl halides is 2. The van der Waals surface area contributed by atoms with Crippen LogP contribution in [0, 0.1) is 11.8 Å². The maximum atomic E-state index is 14.9. The van der Waals surface area contributed by atoms with Crippen molar-refractivity contribution in [2.75, 3.05) is 27.3 Å². The zero-order valence-corrected chi connectivity index (χ0v) is 33.4. The van der Waals surface area contributed by atoms with Gasteiger partial charge in [-0.05, 0) is 68.8 Å². The highest BCUT2D eigenvalue weighted by Crippen LogP contribution is 2.37. The Labute approximate surface area is 335 Å². The molecule has 3 aliphatic rings. The third-order valence-electron chi connectivity index (χ3n) is 11.4. The number of hydrogen-bond donors (Lipinski definition) is 3. The van der Waals surface area contributed by atoms with E-state index < -0.39 is 54.6 Å². The number of fused-ring (bicyclic) bond motifs is 2. The highest BCUT2D eigenvalue weighted by atomic mass is 19.1. The van der Waals surface area contributed by atoms with Gasteiger partial charge in [-0.3, -0.25) is 14.6 Å². The normalized spacial score (nSPS) is 21.7. The Bertz CT molecular complexity index is 2310. The lowest BCUT2D eigenvalue weighted by atomic mass is 9.94. The average Bonchev–Trinajstić information content (AvgIpc) is 4.03. The number of benzene rings is 3. The van der Waals surface area contributed by atoms with Crippen LogP contribution in [0.3, 0.4) is 0 Å². The summed E-state index contributed by atoms with van der Waals surface area (Å²) in [5.41, 5.74) is 4.25. The Kier molecular flexibility index (Phi) is 11.5. The van der Waals surface area contributed by atoms with Gasteiger partial charge in [0.25, 0.3) is 0 Å². The van der Waals surface area contributed by atoms with Crippen LogP contribution in [0.5, 0.6) is 0 Å². The standard InChI is InChI=1S/C43H49F2N7O6/c1-22(2)37(49-42(55)57-5)40(53)51-20-31(44)16-35(51)33-15-30(18-46-33)26-8-7-24-12-29-14-27(10-9-25(29)11-28(24)13-26)34-19-47-39(48-34)36-17-32(45)21-52(36)41(54)38(23(3)4)50-43(56)58-6/h7-14,18-19,22-23,31-32,35-38H,15-17,20-21H2,1-6H3,(H,47,48)(H,49,55)(H,50,56)/t31-,32-,35?,36-,37-,38?/m0/s1. The van der Waals surface area contributed by atoms with Gasteiger partial charge in [0, 0.05) is 36.7 Å². The van der Waals surface area contributed by atoms with Gasteiger partial charge < -0.3 is 34.9 Å². The summed E-state index contributed by atoms with van der Waals surface area (Å²) >= 11 is 0. The number of halogens is 2. The highest BCUT2D eigenvalue weighted by molar-refractivity contribution is 6.05. The fourth-order valence-electron chi connectivity index (χ4n) is 8.23. The number of carbonyl (C=O) groups excluding carboxylic acids is 4. The van der Waals surface area contributed by atoms with E-state index in [1.165, 1.54) is 24.0 Å². The average molecular weight is 798 g/mol. The molecule has 13 nitrogen and oxygen atoms in total. The second kappa shape index (κ2) is 16.5. The van der Waals surface area contributed by atoms with Gasteiger partial charge in [-0.2, -0.15) is 0 Å². The number of hydrogen-bond acceptors (Lipinski definition) is 8. The highest BCUT2D eigenvalue weighted by Gasteiger charge is 2.43. The molecule has 306 valence electrons. The molecule has 3 aromatic carbocycles. The molecule has 3 aliphatic heterocycles. The van der Waals surface area contributed by atoms with Crippen molar-refractivity contribution in [2.24, 2.45) is 16.8 Å². The predicted molar refractivity (Wildman–Crippen MR) is 216 cm³/mol. The Hall–Kier alpha value is -5.86. The van der Waals surface area contributed by atoms with E-state index in [0.29, 0.717) is 18.0 Å². The molecule has 2 unspecified atom stereocenters. The van der Waals surface area contributed by atoms with Gasteiger partial charge in [-0.25, -0.2) is 23.4 Å². The summed E-state index contributed by atoms with van der Waals surface area (Å²) in [6.45, 7) is 7.08. The van der Waals surface area contributed by atoms with Gasteiger partial charge in [0.2, 0.25) is 11.8 Å². The number of nitrogens with one attached hydrogen (secondary N) is 3. The maximum absolute atomic E-state index is 14.9. The molecule has 4 amide bonds. The number of likely N-dealkylation sites (tertiary alicyclic amines) is 2. The van der Waals surface area contributed by atoms with Crippen molar-refractivity contribution in [1.29, 1.82) is 0 Å². The van der Waals surface area contributed by atoms with Crippen molar-refractivity contribution in [3.8, 4) is 11.3 Å². The van der Waals surface area contributed by atoms with Crippen molar-refractivity contribution in [3.05, 3.63) is 72.3 Å². The lowest BCUT2D eigenvalue weighted by Gasteiger charge is -2.30. The summed E-state index contributed by atoms with van der Waals surface area (Å²) in [7, 11) is 2.46. The largest absolute Gasteiger partial charge is 0.453 e. The van der Waals surface area contributed by atoms with Gasteiger partial charge in [0.1, 0.15) is 30.3 Å². The first kappa shape index (κ1) is 40.3. The van der Waals surface area contributed by atoms with E-state index in [0.717, 1.165) is 43.9 Å². The maximum Gasteiger partial charge on any atom is 0.407 e. The van der Waals surface area contributed by atoms with E-state index in [2.05, 4.69) is 55.9 Å². The number of aliphatic imine (C=N–C) groups is 1. The van der Waals surface area contributed by atoms with Gasteiger partial charge in [-0.1, -0.05) is 52.0 Å². The number of carbonyl (C=O) groups is 4. The monoisotopic (exact) mass is 797 g/mol. The summed E-state index contributed by atoms with van der Waals surface area (Å²) < 4.78 is 39.1. The second-order valence-electron chi connectivity index (χ2n) is 16.0. The SMILES string of the molecule is COC(=O)NC(C(=O)N1C[C@@H](F)C[C@H]1c1ncc(-c2ccc3cc4cc(C5=CN=C(C6C[C@H](F)CN6C(=O)[C@@H](NC(=O)OC)C(C)C)C5)ccc4cc3c2)[nH]1)C(C)C. The van der Waals surface area contributed by atoms with Crippen molar-refractivity contribution < 1.29 is 37.4 Å². The molecule has 6 atom stereocenters. The lowest BCUT2D eigenvalue weighted by molar-refractivity contribution is -0.136. The molecule has 4 aromatic rings. The van der Waals surface area contributed by atoms with E-state index >= 15 is 0 Å². The fraction of sp³-hybridized carbons (Fsp3) is 0.442. The molecule has 0 spiro atoms. The molecular weight excluding hydrogens is 749 g/mol. The van der Waals surface area contributed by atoms with Crippen molar-refractivity contribution in [3.63, 3.8) is 0 Å². The Morgan fingerprint density at radius 3 is 1.81 bits per heavy atom. The summed E-state index contributed by atoms with van der Waals surface area (Å²) in [6, 6.07) is 13.6. The number of imidazole rings is 1. The van der Waals surface area contributed by atoms with Crippen LogP contribution >= 0.6 is 0 Å². The third kappa shape index (κ3) is 8.12. The lowest BCUT2D eigenvalue weighted by Crippen LogP contribution is -2.53. The van der Waals surface area contributed by atoms with Crippen LogP contribution in [0.25, 0.3) is 38.4 Å². The molecule has 0 aliphatic carbocycles. The van der Waals surface area contributed by atoms with Crippen LogP contribution in [0.4, 0.5) is 18.4 Å². The summed E-state index contributed by atoms with van der Waals surface area (Å²) in [5, 5.41) is 9.27. The summed E-state index contributed by atoms with van der Waals surface area (Å²) in [6.07, 6.45) is 0.298. The molecule has 2 fully saturated rings. The molecule has 4 heterocycles.